The molecule has 6 fully saturated rings. The van der Waals surface area contributed by atoms with Crippen LogP contribution in [0.1, 0.15) is 103 Å². The molecule has 0 saturated heterocycles. The summed E-state index contributed by atoms with van der Waals surface area (Å²) in [6, 6.07) is 25.5. The van der Waals surface area contributed by atoms with Crippen molar-refractivity contribution in [3.63, 3.8) is 0 Å². The number of hydrogen-bond donors (Lipinski definition) is 0. The summed E-state index contributed by atoms with van der Waals surface area (Å²) in [7, 11) is -4.88. The Morgan fingerprint density at radius 2 is 0.916 bits per heavy atom. The first-order valence-electron chi connectivity index (χ1n) is 25.4. The maximum atomic E-state index is 13.4. The zero-order valence-electron chi connectivity index (χ0n) is 49.6. The van der Waals surface area contributed by atoms with Gasteiger partial charge in [0.25, 0.3) is 7.37 Å². The van der Waals surface area contributed by atoms with Crippen molar-refractivity contribution in [1.82, 2.24) is 0 Å². The minimum atomic E-state index is -4.65. The van der Waals surface area contributed by atoms with Gasteiger partial charge >= 0.3 is 59.1 Å². The summed E-state index contributed by atoms with van der Waals surface area (Å²) in [5.41, 5.74) is -2.44. The molecule has 6 saturated carbocycles. The number of rotatable bonds is 11. The fraction of sp³-hybridized carbons (Fsp3) is 0.500. The van der Waals surface area contributed by atoms with Crippen molar-refractivity contribution in [2.75, 3.05) is 31.6 Å². The number of Topliss-reactive ketones (excluding diaryl/α,β-unsaturated/α-hetero) is 6. The van der Waals surface area contributed by atoms with Gasteiger partial charge in [-0.05, 0) is 95.1 Å². The molecule has 8 unspecified atom stereocenters. The van der Waals surface area contributed by atoms with Gasteiger partial charge < -0.3 is 52.5 Å². The number of ketones is 6. The fourth-order valence-electron chi connectivity index (χ4n) is 12.1. The quantitative estimate of drug-likeness (QED) is 0.0367. The SMILES string of the molecule is C.C#C.CC1(C)C2CCC1(C(=O)Cl)C(=O)C2=O.CC1(C)C2CCC1(C(=O)P(=O)([O-])c1ccccc1)C(=O)C2=O.CCCl.CCI.COP(=O)(C(=O)C12CCC(C(=O)C1=O)C2(C)C)c1ccccc1.COP(OC)c1ccccc1.[2H]O.[I-].[Na+].[Na+]. The molecule has 8 atom stereocenters. The molecule has 83 heavy (non-hydrogen) atoms. The van der Waals surface area contributed by atoms with Gasteiger partial charge in [0, 0.05) is 60.9 Å². The zero-order chi connectivity index (χ0) is 61.6. The molecule has 2 N–H and O–H groups in total. The van der Waals surface area contributed by atoms with E-state index in [1.165, 1.54) is 35.8 Å². The van der Waals surface area contributed by atoms with Gasteiger partial charge in [0.05, 0.1) is 0 Å². The van der Waals surface area contributed by atoms with Crippen molar-refractivity contribution >= 4 is 136 Å². The number of halogens is 4. The smallest absolute Gasteiger partial charge is 1.00 e. The number of hydrogen-bond acceptors (Lipinski definition) is 15. The number of alkyl halides is 2. The van der Waals surface area contributed by atoms with Crippen LogP contribution in [0.3, 0.4) is 0 Å². The Balaban J connectivity index is -0.00000100. The number of terminal acetylenes is 1. The van der Waals surface area contributed by atoms with Crippen LogP contribution in [0, 0.1) is 63.1 Å². The number of carbonyl (C=O) groups is 9. The Kier molecular flexibility index (Phi) is 35.8. The molecule has 9 rings (SSSR count). The molecule has 6 aliphatic rings. The second-order valence-electron chi connectivity index (χ2n) is 20.6. The summed E-state index contributed by atoms with van der Waals surface area (Å²) in [6.45, 7) is 14.4. The van der Waals surface area contributed by atoms with Crippen LogP contribution in [0.15, 0.2) is 91.0 Å². The van der Waals surface area contributed by atoms with Crippen LogP contribution in [0.2, 0.25) is 0 Å². The molecular weight excluding hydrogens is 1420 g/mol. The van der Waals surface area contributed by atoms with E-state index in [1.807, 2.05) is 37.3 Å². The zero-order valence-corrected chi connectivity index (χ0v) is 61.1. The standard InChI is InChI=1S/C17H19O5P.C16H17O5P.C10H11ClO3.C8H11O2P.C2H5Cl.C2H5I.C2H2.CH4.HI.2Na.H2O/c1-16(2)12-9-10-17(16,14(19)13(12)18)15(20)23(21,22-3)11-7-5-4-6-8-11;1-15(2)11-8-9-16(15,13(18)12(11)17)14(19)22(20,21)10-6-4-3-5-7-10;1-9(2)5-3-4-10(9,8(11)14)7(13)6(5)12;1-9-11(10-2)8-6-4-3-5-7-8;2*1-2-3;1-2;;;;;/h4-8,12H,9-10H2,1-3H3;3-7,11H,8-9H2,1-2H3,(H,20,21);5H,3-4H2,1-2H3;3-7H,1-2H3;2*2H2,1H3;1-2H;1H4;1H;;;1H2/q;;;;;;;;;2*+1;/p-2/i/hD. The molecule has 0 spiro atoms. The van der Waals surface area contributed by atoms with Crippen molar-refractivity contribution in [3.8, 4) is 12.8 Å². The fourth-order valence-corrected chi connectivity index (χ4v) is 17.5. The van der Waals surface area contributed by atoms with E-state index in [9.17, 15) is 57.2 Å². The van der Waals surface area contributed by atoms with Crippen molar-refractivity contribution in [1.29, 1.82) is 0 Å². The van der Waals surface area contributed by atoms with Crippen molar-refractivity contribution in [3.05, 3.63) is 91.0 Å². The number of benzene rings is 3. The average molecular weight is 1490 g/mol. The van der Waals surface area contributed by atoms with Crippen LogP contribution in [0.4, 0.5) is 0 Å². The third kappa shape index (κ3) is 15.4. The molecular formula is C58H75Cl2I2Na2O16P3. The number of fused-ring (bicyclic) bond motifs is 6. The van der Waals surface area contributed by atoms with Crippen LogP contribution < -0.4 is 104 Å². The van der Waals surface area contributed by atoms with Gasteiger partial charge in [-0.1, -0.05) is 152 Å². The molecule has 3 aromatic carbocycles. The van der Waals surface area contributed by atoms with E-state index in [2.05, 4.69) is 42.4 Å². The monoisotopic (exact) mass is 1490 g/mol. The molecule has 0 aromatic heterocycles. The Bertz CT molecular complexity index is 2880. The average Bonchev–Trinajstić information content (AvgIpc) is 4.22. The first kappa shape index (κ1) is 84.0. The Morgan fingerprint density at radius 1 is 0.639 bits per heavy atom. The second kappa shape index (κ2) is 35.4. The van der Waals surface area contributed by atoms with Gasteiger partial charge in [-0.2, -0.15) is 0 Å². The van der Waals surface area contributed by atoms with Crippen molar-refractivity contribution in [2.45, 2.75) is 101 Å². The summed E-state index contributed by atoms with van der Waals surface area (Å²) in [5, 5.41) is 0.586. The molecule has 3 aromatic rings. The predicted molar refractivity (Wildman–Crippen MR) is 320 cm³/mol. The molecule has 0 aliphatic heterocycles. The first-order chi connectivity index (χ1) is 37.5. The van der Waals surface area contributed by atoms with E-state index in [0.29, 0.717) is 25.7 Å². The van der Waals surface area contributed by atoms with Gasteiger partial charge in [0.1, 0.15) is 23.6 Å². The van der Waals surface area contributed by atoms with E-state index in [-0.39, 0.29) is 120 Å². The van der Waals surface area contributed by atoms with Gasteiger partial charge in [-0.15, -0.1) is 24.4 Å². The summed E-state index contributed by atoms with van der Waals surface area (Å²) in [5.74, 6) is -4.22. The van der Waals surface area contributed by atoms with Crippen molar-refractivity contribution < 1.29 is 161 Å². The Hall–Kier alpha value is -1.02. The van der Waals surface area contributed by atoms with E-state index in [1.54, 1.807) is 92.2 Å². The molecule has 0 amide bonds. The largest absolute Gasteiger partial charge is 1.00 e. The third-order valence-electron chi connectivity index (χ3n) is 16.5. The maximum Gasteiger partial charge on any atom is 1.00 e. The van der Waals surface area contributed by atoms with Crippen LogP contribution >= 0.6 is 68.9 Å². The summed E-state index contributed by atoms with van der Waals surface area (Å²) >= 11 is 12.8. The molecule has 16 nitrogen and oxygen atoms in total. The number of carbonyl (C=O) groups excluding carboxylic acids is 9. The van der Waals surface area contributed by atoms with E-state index in [0.717, 1.165) is 11.2 Å². The topological polar surface area (TPSA) is 270 Å². The van der Waals surface area contributed by atoms with E-state index in [4.69, 9.17) is 43.7 Å². The van der Waals surface area contributed by atoms with Gasteiger partial charge in [0.15, 0.2) is 5.52 Å². The minimum absolute atomic E-state index is 0. The van der Waals surface area contributed by atoms with Crippen LogP contribution in [0.5, 0.6) is 0 Å². The summed E-state index contributed by atoms with van der Waals surface area (Å²) in [4.78, 5) is 123. The van der Waals surface area contributed by atoms with Crippen LogP contribution in [-0.2, 0) is 65.9 Å². The normalized spacial score (nSPS) is 25.7. The Labute approximate surface area is 577 Å². The third-order valence-corrected chi connectivity index (χ3v) is 22.5. The van der Waals surface area contributed by atoms with E-state index >= 15 is 0 Å². The van der Waals surface area contributed by atoms with E-state index < -0.39 is 118 Å². The molecule has 6 bridgehead atoms. The molecule has 25 heteroatoms. The van der Waals surface area contributed by atoms with Crippen molar-refractivity contribution in [2.24, 2.45) is 50.2 Å². The van der Waals surface area contributed by atoms with Gasteiger partial charge in [0.2, 0.25) is 55.3 Å². The molecule has 0 radical (unpaired) electrons. The molecule has 0 heterocycles. The molecule has 448 valence electrons. The summed E-state index contributed by atoms with van der Waals surface area (Å²) < 4.78 is 47.4. The predicted octanol–water partition coefficient (Wildman–Crippen LogP) is 0.391. The molecule has 6 aliphatic carbocycles. The first-order valence-corrected chi connectivity index (χ1v) is 31.9. The van der Waals surface area contributed by atoms with Gasteiger partial charge in [-0.25, -0.2) is 0 Å². The van der Waals surface area contributed by atoms with Gasteiger partial charge in [-0.3, -0.25) is 47.7 Å². The second-order valence-corrected chi connectivity index (χ2v) is 29.1. The maximum absolute atomic E-state index is 13.4. The Morgan fingerprint density at radius 3 is 1.18 bits per heavy atom. The van der Waals surface area contributed by atoms with Crippen LogP contribution in [-0.4, -0.2) is 88.1 Å². The summed E-state index contributed by atoms with van der Waals surface area (Å²) in [6.07, 6.45) is 10.3. The minimum Gasteiger partial charge on any atom is -1.00 e. The van der Waals surface area contributed by atoms with Crippen LogP contribution in [0.25, 0.3) is 0 Å².